The normalized spacial score (nSPS) is 40.3. The molecule has 34 valence electrons. The summed E-state index contributed by atoms with van der Waals surface area (Å²) >= 11 is 0. The van der Waals surface area contributed by atoms with Gasteiger partial charge in [-0.3, -0.25) is 4.99 Å². The van der Waals surface area contributed by atoms with Crippen LogP contribution in [0, 0.1) is 0 Å². The van der Waals surface area contributed by atoms with Crippen LogP contribution in [0.15, 0.2) is 4.99 Å². The van der Waals surface area contributed by atoms with Crippen molar-refractivity contribution >= 4 is 6.21 Å². The maximum Gasteiger partial charge on any atom is 0.0919 e. The predicted octanol–water partition coefficient (Wildman–Crippen LogP) is 1.24. The fourth-order valence-electron chi connectivity index (χ4n) is 0.293. The van der Waals surface area contributed by atoms with E-state index in [0.29, 0.717) is 5.54 Å². The van der Waals surface area contributed by atoms with Gasteiger partial charge in [0.2, 0.25) is 0 Å². The molecular weight excluding hydrogens is 74.1 g/mol. The van der Waals surface area contributed by atoms with Crippen LogP contribution >= 0.6 is 0 Å². The maximum atomic E-state index is 4.03. The Bertz CT molecular complexity index is 77.9. The van der Waals surface area contributed by atoms with Crippen LogP contribution in [0.25, 0.3) is 0 Å². The first-order chi connectivity index (χ1) is 2.77. The predicted molar refractivity (Wildman–Crippen MR) is 27.2 cm³/mol. The second kappa shape index (κ2) is 0.837. The minimum absolute atomic E-state index is 0.292. The van der Waals surface area contributed by atoms with Gasteiger partial charge in [-0.1, -0.05) is 6.92 Å². The van der Waals surface area contributed by atoms with Crippen LogP contribution in [-0.2, 0) is 0 Å². The third-order valence-electron chi connectivity index (χ3n) is 1.29. The topological polar surface area (TPSA) is 12.4 Å². The second-order valence-corrected chi connectivity index (χ2v) is 1.97. The minimum Gasteiger partial charge on any atom is -0.283 e. The molecule has 0 amide bonds. The molecule has 0 fully saturated rings. The van der Waals surface area contributed by atoms with E-state index in [4.69, 9.17) is 0 Å². The van der Waals surface area contributed by atoms with Crippen molar-refractivity contribution in [3.8, 4) is 0 Å². The first-order valence-electron chi connectivity index (χ1n) is 2.33. The van der Waals surface area contributed by atoms with Gasteiger partial charge < -0.3 is 0 Å². The molecule has 0 bridgehead atoms. The van der Waals surface area contributed by atoms with Gasteiger partial charge in [0, 0.05) is 6.21 Å². The Labute approximate surface area is 38.1 Å². The summed E-state index contributed by atoms with van der Waals surface area (Å²) in [7, 11) is 0. The molecule has 0 saturated heterocycles. The van der Waals surface area contributed by atoms with E-state index in [9.17, 15) is 0 Å². The monoisotopic (exact) mass is 83.1 g/mol. The molecule has 1 rings (SSSR count). The van der Waals surface area contributed by atoms with Gasteiger partial charge in [0.15, 0.2) is 0 Å². The number of hydrogen-bond donors (Lipinski definition) is 0. The third-order valence-corrected chi connectivity index (χ3v) is 1.29. The zero-order valence-electron chi connectivity index (χ0n) is 4.23. The Morgan fingerprint density at radius 3 is 2.33 bits per heavy atom. The molecule has 1 unspecified atom stereocenters. The largest absolute Gasteiger partial charge is 0.283 e. The van der Waals surface area contributed by atoms with E-state index in [-0.39, 0.29) is 0 Å². The summed E-state index contributed by atoms with van der Waals surface area (Å²) < 4.78 is 0. The number of aliphatic imine (C=N–C) groups is 1. The summed E-state index contributed by atoms with van der Waals surface area (Å²) in [5, 5.41) is 0. The van der Waals surface area contributed by atoms with Crippen molar-refractivity contribution in [2.45, 2.75) is 25.8 Å². The van der Waals surface area contributed by atoms with Gasteiger partial charge in [-0.2, -0.15) is 0 Å². The molecule has 1 heterocycles. The fourth-order valence-corrected chi connectivity index (χ4v) is 0.293. The summed E-state index contributed by atoms with van der Waals surface area (Å²) in [5.74, 6) is 0. The Hall–Kier alpha value is -0.330. The lowest BCUT2D eigenvalue weighted by atomic mass is 10.1. The average Bonchev–Trinajstić information content (AvgIpc) is 2.22. The van der Waals surface area contributed by atoms with E-state index in [1.807, 2.05) is 6.21 Å². The van der Waals surface area contributed by atoms with Crippen molar-refractivity contribution in [3.63, 3.8) is 0 Å². The number of rotatable bonds is 1. The summed E-state index contributed by atoms with van der Waals surface area (Å²) in [6.45, 7) is 4.28. The minimum atomic E-state index is 0.292. The fraction of sp³-hybridized carbons (Fsp3) is 0.800. The van der Waals surface area contributed by atoms with Crippen molar-refractivity contribution in [2.24, 2.45) is 4.99 Å². The van der Waals surface area contributed by atoms with Gasteiger partial charge in [0.1, 0.15) is 0 Å². The van der Waals surface area contributed by atoms with E-state index >= 15 is 0 Å². The second-order valence-electron chi connectivity index (χ2n) is 1.97. The van der Waals surface area contributed by atoms with E-state index in [1.165, 1.54) is 0 Å². The molecule has 6 heavy (non-hydrogen) atoms. The van der Waals surface area contributed by atoms with Crippen molar-refractivity contribution in [2.75, 3.05) is 0 Å². The van der Waals surface area contributed by atoms with Crippen LogP contribution < -0.4 is 0 Å². The molecule has 1 nitrogen and oxygen atoms in total. The summed E-state index contributed by atoms with van der Waals surface area (Å²) in [6.07, 6.45) is 3.15. The molecular formula is C5H9N. The van der Waals surface area contributed by atoms with Gasteiger partial charge in [0.05, 0.1) is 5.54 Å². The van der Waals surface area contributed by atoms with Gasteiger partial charge in [-0.25, -0.2) is 0 Å². The zero-order valence-corrected chi connectivity index (χ0v) is 4.23. The van der Waals surface area contributed by atoms with Crippen LogP contribution in [0.2, 0.25) is 0 Å². The van der Waals surface area contributed by atoms with Gasteiger partial charge in [-0.15, -0.1) is 0 Å². The van der Waals surface area contributed by atoms with Gasteiger partial charge in [0.25, 0.3) is 0 Å². The highest BCUT2D eigenvalue weighted by molar-refractivity contribution is 5.83. The third kappa shape index (κ3) is 0.445. The Balaban J connectivity index is 2.32. The molecule has 1 aliphatic rings. The van der Waals surface area contributed by atoms with E-state index in [0.717, 1.165) is 6.42 Å². The zero-order chi connectivity index (χ0) is 4.62. The molecule has 0 aliphatic carbocycles. The van der Waals surface area contributed by atoms with Crippen LogP contribution in [0.5, 0.6) is 0 Å². The molecule has 0 aromatic heterocycles. The van der Waals surface area contributed by atoms with Crippen LogP contribution in [0.1, 0.15) is 20.3 Å². The van der Waals surface area contributed by atoms with Crippen LogP contribution in [0.4, 0.5) is 0 Å². The quantitative estimate of drug-likeness (QED) is 0.452. The molecule has 1 aliphatic heterocycles. The summed E-state index contributed by atoms with van der Waals surface area (Å²) in [6, 6.07) is 0. The first-order valence-corrected chi connectivity index (χ1v) is 2.33. The molecule has 1 atom stereocenters. The van der Waals surface area contributed by atoms with E-state index in [1.54, 1.807) is 0 Å². The summed E-state index contributed by atoms with van der Waals surface area (Å²) in [4.78, 5) is 4.03. The molecule has 1 heteroatoms. The number of hydrogen-bond acceptors (Lipinski definition) is 1. The SMILES string of the molecule is CCC1(C)C=N1. The highest BCUT2D eigenvalue weighted by atomic mass is 15.0. The average molecular weight is 83.1 g/mol. The standard InChI is InChI=1S/C5H9N/c1-3-5(2)4-6-5/h4H,3H2,1-2H3. The van der Waals surface area contributed by atoms with E-state index in [2.05, 4.69) is 18.8 Å². The van der Waals surface area contributed by atoms with Crippen molar-refractivity contribution < 1.29 is 0 Å². The summed E-state index contributed by atoms with van der Waals surface area (Å²) in [5.41, 5.74) is 0.292. The van der Waals surface area contributed by atoms with Gasteiger partial charge >= 0.3 is 0 Å². The molecule has 0 aromatic carbocycles. The highest BCUT2D eigenvalue weighted by Crippen LogP contribution is 2.21. The Morgan fingerprint density at radius 1 is 1.83 bits per heavy atom. The van der Waals surface area contributed by atoms with Gasteiger partial charge in [-0.05, 0) is 13.3 Å². The Kier molecular flexibility index (Phi) is 0.536. The number of nitrogens with zero attached hydrogens (tertiary/aromatic N) is 1. The lowest BCUT2D eigenvalue weighted by Crippen LogP contribution is -2.02. The Morgan fingerprint density at radius 2 is 2.33 bits per heavy atom. The molecule has 0 aromatic rings. The first kappa shape index (κ1) is 3.85. The van der Waals surface area contributed by atoms with Crippen molar-refractivity contribution in [3.05, 3.63) is 0 Å². The smallest absolute Gasteiger partial charge is 0.0919 e. The van der Waals surface area contributed by atoms with Crippen LogP contribution in [-0.4, -0.2) is 11.8 Å². The lowest BCUT2D eigenvalue weighted by Gasteiger charge is -1.95. The molecule has 0 saturated carbocycles. The molecule has 0 N–H and O–H groups in total. The lowest BCUT2D eigenvalue weighted by molar-refractivity contribution is 0.705. The van der Waals surface area contributed by atoms with Crippen molar-refractivity contribution in [1.82, 2.24) is 0 Å². The van der Waals surface area contributed by atoms with Crippen molar-refractivity contribution in [1.29, 1.82) is 0 Å². The molecule has 0 spiro atoms. The highest BCUT2D eigenvalue weighted by Gasteiger charge is 2.26. The van der Waals surface area contributed by atoms with E-state index < -0.39 is 0 Å². The maximum absolute atomic E-state index is 4.03. The van der Waals surface area contributed by atoms with Crippen LogP contribution in [0.3, 0.4) is 0 Å². The molecule has 0 radical (unpaired) electrons.